The van der Waals surface area contributed by atoms with E-state index in [1.165, 1.54) is 6.26 Å². The predicted molar refractivity (Wildman–Crippen MR) is 136 cm³/mol. The van der Waals surface area contributed by atoms with E-state index in [0.29, 0.717) is 29.8 Å². The minimum atomic E-state index is -1.26. The van der Waals surface area contributed by atoms with Crippen LogP contribution in [0.5, 0.6) is 0 Å². The molecule has 1 aliphatic carbocycles. The van der Waals surface area contributed by atoms with Crippen LogP contribution in [0.25, 0.3) is 6.08 Å². The molecule has 0 spiro atoms. The number of aromatic nitrogens is 1. The number of oxazole rings is 1. The van der Waals surface area contributed by atoms with Crippen LogP contribution in [0.3, 0.4) is 0 Å². The topological polar surface area (TPSA) is 148 Å². The van der Waals surface area contributed by atoms with E-state index < -0.39 is 35.6 Å². The molecular weight excluding hydrogens is 476 g/mol. The summed E-state index contributed by atoms with van der Waals surface area (Å²) in [6.45, 7) is 11.1. The molecule has 2 saturated heterocycles. The van der Waals surface area contributed by atoms with Gasteiger partial charge in [0.05, 0.1) is 42.3 Å². The molecule has 0 radical (unpaired) electrons. The Morgan fingerprint density at radius 2 is 1.92 bits per heavy atom. The highest BCUT2D eigenvalue weighted by atomic mass is 16.6. The number of nitrogens with zero attached hydrogens (tertiary/aromatic N) is 1. The Hall–Kier alpha value is -2.07. The van der Waals surface area contributed by atoms with Crippen molar-refractivity contribution in [2.24, 2.45) is 34.8 Å². The van der Waals surface area contributed by atoms with Crippen molar-refractivity contribution in [3.8, 4) is 0 Å². The number of epoxide rings is 1. The van der Waals surface area contributed by atoms with Crippen molar-refractivity contribution >= 4 is 17.8 Å². The highest BCUT2D eigenvalue weighted by Crippen LogP contribution is 2.56. The van der Waals surface area contributed by atoms with Crippen LogP contribution in [0.2, 0.25) is 0 Å². The first kappa shape index (κ1) is 28.0. The number of ether oxygens (including phenoxy) is 2. The molecule has 3 fully saturated rings. The highest BCUT2D eigenvalue weighted by molar-refractivity contribution is 5.88. The molecule has 9 atom stereocenters. The van der Waals surface area contributed by atoms with Gasteiger partial charge in [0.15, 0.2) is 0 Å². The van der Waals surface area contributed by atoms with E-state index in [-0.39, 0.29) is 36.4 Å². The third kappa shape index (κ3) is 5.85. The third-order valence-electron chi connectivity index (χ3n) is 8.98. The Kier molecular flexibility index (Phi) is 7.74. The molecule has 9 nitrogen and oxygen atoms in total. The van der Waals surface area contributed by atoms with Crippen LogP contribution in [0.1, 0.15) is 78.8 Å². The number of hydrogen-bond acceptors (Lipinski definition) is 9. The second-order valence-electron chi connectivity index (χ2n) is 12.2. The van der Waals surface area contributed by atoms with Crippen molar-refractivity contribution in [2.75, 3.05) is 0 Å². The number of aliphatic hydroxyl groups excluding tert-OH is 2. The number of cyclic esters (lactones) is 1. The first-order chi connectivity index (χ1) is 17.3. The van der Waals surface area contributed by atoms with Crippen LogP contribution < -0.4 is 5.73 Å². The maximum atomic E-state index is 13.3. The van der Waals surface area contributed by atoms with Gasteiger partial charge in [-0.05, 0) is 56.1 Å². The molecule has 4 N–H and O–H groups in total. The number of carbonyl (C=O) groups excluding carboxylic acids is 2. The summed E-state index contributed by atoms with van der Waals surface area (Å²) in [6, 6.07) is 0. The molecule has 0 bridgehead atoms. The highest BCUT2D eigenvalue weighted by Gasteiger charge is 2.58. The van der Waals surface area contributed by atoms with E-state index >= 15 is 0 Å². The fraction of sp³-hybridized carbons (Fsp3) is 0.750. The summed E-state index contributed by atoms with van der Waals surface area (Å²) in [5, 5.41) is 22.0. The second-order valence-corrected chi connectivity index (χ2v) is 12.2. The molecule has 1 aromatic rings. The smallest absolute Gasteiger partial charge is 0.309 e. The SMILES string of the molecule is CC(=Cc1coc(CN)n1)[C@@H]1CC2OC2(C)CC2CC2[C@H](C)[C@H](O)[C@@H](C)C(=O)C(C)(C)[C@@H](O)CC(=O)O1. The van der Waals surface area contributed by atoms with Crippen molar-refractivity contribution in [1.29, 1.82) is 0 Å². The Balaban J connectivity index is 1.59. The first-order valence-electron chi connectivity index (χ1n) is 13.4. The number of nitrogens with two attached hydrogens (primary N) is 1. The number of aliphatic hydroxyl groups is 2. The Morgan fingerprint density at radius 1 is 1.22 bits per heavy atom. The lowest BCUT2D eigenvalue weighted by Gasteiger charge is -2.34. The van der Waals surface area contributed by atoms with Crippen LogP contribution in [0, 0.1) is 29.1 Å². The number of hydrogen-bond donors (Lipinski definition) is 3. The lowest BCUT2D eigenvalue weighted by molar-refractivity contribution is -0.154. The normalized spacial score (nSPS) is 40.9. The summed E-state index contributed by atoms with van der Waals surface area (Å²) in [5.74, 6) is -0.424. The molecule has 37 heavy (non-hydrogen) atoms. The number of fused-ring (bicyclic) bond motifs is 2. The average Bonchev–Trinajstić information content (AvgIpc) is 3.68. The molecule has 9 heteroatoms. The van der Waals surface area contributed by atoms with Gasteiger partial charge in [0.25, 0.3) is 0 Å². The van der Waals surface area contributed by atoms with E-state index in [9.17, 15) is 19.8 Å². The maximum Gasteiger partial charge on any atom is 0.309 e. The molecule has 3 heterocycles. The Bertz CT molecular complexity index is 1050. The van der Waals surface area contributed by atoms with Gasteiger partial charge in [-0.1, -0.05) is 27.7 Å². The number of rotatable bonds is 3. The molecule has 1 saturated carbocycles. The quantitative estimate of drug-likeness (QED) is 0.405. The number of carbonyl (C=O) groups is 2. The average molecular weight is 519 g/mol. The monoisotopic (exact) mass is 518 g/mol. The number of Topliss-reactive ketones (excluding diaryl/α,β-unsaturated/α-hetero) is 1. The summed E-state index contributed by atoms with van der Waals surface area (Å²) in [4.78, 5) is 30.6. The fourth-order valence-corrected chi connectivity index (χ4v) is 6.01. The minimum absolute atomic E-state index is 0.0469. The molecule has 2 aliphatic heterocycles. The Labute approximate surface area is 218 Å². The van der Waals surface area contributed by atoms with Gasteiger partial charge >= 0.3 is 5.97 Å². The van der Waals surface area contributed by atoms with Crippen molar-refractivity contribution in [3.63, 3.8) is 0 Å². The van der Waals surface area contributed by atoms with Crippen LogP contribution in [0.4, 0.5) is 0 Å². The van der Waals surface area contributed by atoms with Gasteiger partial charge in [0.1, 0.15) is 23.8 Å². The van der Waals surface area contributed by atoms with Crippen LogP contribution >= 0.6 is 0 Å². The zero-order valence-electron chi connectivity index (χ0n) is 22.8. The molecule has 206 valence electrons. The second kappa shape index (κ2) is 10.2. The van der Waals surface area contributed by atoms with E-state index in [1.807, 2.05) is 13.8 Å². The van der Waals surface area contributed by atoms with E-state index in [2.05, 4.69) is 11.9 Å². The van der Waals surface area contributed by atoms with Gasteiger partial charge in [-0.15, -0.1) is 0 Å². The van der Waals surface area contributed by atoms with Gasteiger partial charge in [0, 0.05) is 12.3 Å². The zero-order chi connectivity index (χ0) is 27.3. The van der Waals surface area contributed by atoms with E-state index in [0.717, 1.165) is 18.4 Å². The summed E-state index contributed by atoms with van der Waals surface area (Å²) in [7, 11) is 0. The van der Waals surface area contributed by atoms with E-state index in [1.54, 1.807) is 26.8 Å². The van der Waals surface area contributed by atoms with Gasteiger partial charge in [-0.2, -0.15) is 0 Å². The summed E-state index contributed by atoms with van der Waals surface area (Å²) in [5.41, 5.74) is 5.39. The molecule has 0 aromatic carbocycles. The summed E-state index contributed by atoms with van der Waals surface area (Å²) in [6.07, 6.45) is 2.54. The van der Waals surface area contributed by atoms with Crippen molar-refractivity contribution in [1.82, 2.24) is 4.98 Å². The summed E-state index contributed by atoms with van der Waals surface area (Å²) >= 11 is 0. The lowest BCUT2D eigenvalue weighted by Crippen LogP contribution is -2.46. The maximum absolute atomic E-state index is 13.3. The van der Waals surface area contributed by atoms with Gasteiger partial charge in [-0.3, -0.25) is 9.59 Å². The zero-order valence-corrected chi connectivity index (χ0v) is 22.8. The molecule has 4 unspecified atom stereocenters. The lowest BCUT2D eigenvalue weighted by atomic mass is 9.72. The molecule has 0 amide bonds. The van der Waals surface area contributed by atoms with Gasteiger partial charge in [-0.25, -0.2) is 4.98 Å². The van der Waals surface area contributed by atoms with Gasteiger partial charge < -0.3 is 29.8 Å². The molecular formula is C28H42N2O7. The largest absolute Gasteiger partial charge is 0.458 e. The predicted octanol–water partition coefficient (Wildman–Crippen LogP) is 3.02. The minimum Gasteiger partial charge on any atom is -0.458 e. The van der Waals surface area contributed by atoms with Crippen molar-refractivity contribution < 1.29 is 33.7 Å². The summed E-state index contributed by atoms with van der Waals surface area (Å²) < 4.78 is 17.3. The fourth-order valence-electron chi connectivity index (χ4n) is 6.01. The Morgan fingerprint density at radius 3 is 2.57 bits per heavy atom. The third-order valence-corrected chi connectivity index (χ3v) is 8.98. The van der Waals surface area contributed by atoms with Crippen molar-refractivity contribution in [2.45, 2.75) is 104 Å². The number of esters is 1. The molecule has 1 aromatic heterocycles. The van der Waals surface area contributed by atoms with Crippen LogP contribution in [-0.4, -0.2) is 57.0 Å². The van der Waals surface area contributed by atoms with Crippen molar-refractivity contribution in [3.05, 3.63) is 23.4 Å². The number of ketones is 1. The molecule has 3 aliphatic rings. The standard InChI is InChI=1S/C28H42N2O7/c1-14(7-18-13-35-23(12-29)30-18)20-9-22-28(6,37-22)11-17-8-19(17)15(2)25(33)16(3)26(34)27(4,5)21(31)10-24(32)36-20/h7,13,15-17,19-22,25,31,33H,8-12,29H2,1-6H3/t15-,16+,17?,19?,20-,21-,22?,25-,28?/m0/s1. The van der Waals surface area contributed by atoms with E-state index in [4.69, 9.17) is 19.6 Å². The van der Waals surface area contributed by atoms with Gasteiger partial charge in [0.2, 0.25) is 5.89 Å². The first-order valence-corrected chi connectivity index (χ1v) is 13.4. The van der Waals surface area contributed by atoms with Crippen LogP contribution in [0.15, 0.2) is 16.3 Å². The molecule has 4 rings (SSSR count). The van der Waals surface area contributed by atoms with Crippen LogP contribution in [-0.2, 0) is 25.6 Å².